The highest BCUT2D eigenvalue weighted by Crippen LogP contribution is 2.69. The predicted molar refractivity (Wildman–Crippen MR) is 286 cm³/mol. The summed E-state index contributed by atoms with van der Waals surface area (Å²) in [6.45, 7) is 5.16. The van der Waals surface area contributed by atoms with Gasteiger partial charge in [0.25, 0.3) is 0 Å². The Morgan fingerprint density at radius 1 is 0.960 bits per heavy atom. The van der Waals surface area contributed by atoms with E-state index in [2.05, 4.69) is 17.6 Å². The Bertz CT molecular complexity index is 2330. The van der Waals surface area contributed by atoms with Crippen LogP contribution in [0, 0.1) is 40.9 Å². The number of aliphatic hydroxyl groups excluding tert-OH is 5. The first-order valence-corrected chi connectivity index (χ1v) is 30.8. The number of benzene rings is 1. The van der Waals surface area contributed by atoms with Gasteiger partial charge in [-0.2, -0.15) is 0 Å². The second-order valence-electron chi connectivity index (χ2n) is 24.5. The molecule has 3 aliphatic heterocycles. The van der Waals surface area contributed by atoms with Gasteiger partial charge in [-0.15, -0.1) is 0 Å². The molecule has 16 nitrogen and oxygen atoms in total. The molecule has 10 N–H and O–H groups in total. The van der Waals surface area contributed by atoms with Crippen LogP contribution in [-0.2, 0) is 20.7 Å². The number of carbonyl (C=O) groups excluding carboxylic acids is 1. The van der Waals surface area contributed by atoms with Crippen LogP contribution in [-0.4, -0.2) is 156 Å². The van der Waals surface area contributed by atoms with Crippen molar-refractivity contribution in [2.75, 3.05) is 45.7 Å². The minimum atomic E-state index is -2.50. The maximum absolute atomic E-state index is 13.8. The van der Waals surface area contributed by atoms with Crippen molar-refractivity contribution in [1.29, 1.82) is 0 Å². The lowest BCUT2D eigenvalue weighted by atomic mass is 9.50. The number of hydrogen-bond acceptors (Lipinski definition) is 18. The second kappa shape index (κ2) is 22.4. The van der Waals surface area contributed by atoms with Crippen LogP contribution < -0.4 is 20.1 Å². The SMILES string of the molecule is CCOC(=O)CCc1cc2ccoc2c2c1OC1OC3(CSSC4(CCC5(CCC(CNC)C5)C4CCC4(O)CCC(O)CC4)C(CCC(C)CCCC3O)NCCO2)C2(O)CC3C=CC(O)C(CO)C3C1(O)C2O. The van der Waals surface area contributed by atoms with Crippen molar-refractivity contribution >= 4 is 38.5 Å². The molecule has 18 heteroatoms. The number of aliphatic hydroxyl groups is 8. The van der Waals surface area contributed by atoms with Gasteiger partial charge in [-0.25, -0.2) is 0 Å². The summed E-state index contributed by atoms with van der Waals surface area (Å²) in [5, 5.41) is 107. The van der Waals surface area contributed by atoms with E-state index in [1.807, 2.05) is 13.1 Å². The molecule has 16 atom stereocenters. The number of ether oxygens (including phenoxy) is 4. The number of fused-ring (bicyclic) bond motifs is 11. The van der Waals surface area contributed by atoms with Gasteiger partial charge in [-0.3, -0.25) is 4.79 Å². The van der Waals surface area contributed by atoms with Gasteiger partial charge < -0.3 is 74.9 Å². The summed E-state index contributed by atoms with van der Waals surface area (Å²) in [5.74, 6) is -2.06. The minimum Gasteiger partial charge on any atom is -0.485 e. The number of nitrogens with one attached hydrogen (secondary N) is 2. The van der Waals surface area contributed by atoms with E-state index >= 15 is 0 Å². The molecule has 3 spiro atoms. The number of esters is 1. The molecule has 0 radical (unpaired) electrons. The molecule has 5 bridgehead atoms. The van der Waals surface area contributed by atoms with E-state index in [0.717, 1.165) is 64.3 Å². The molecule has 8 aliphatic rings. The van der Waals surface area contributed by atoms with Crippen LogP contribution >= 0.6 is 21.6 Å². The largest absolute Gasteiger partial charge is 0.485 e. The first kappa shape index (κ1) is 56.1. The van der Waals surface area contributed by atoms with Gasteiger partial charge in [-0.1, -0.05) is 53.5 Å². The molecule has 16 unspecified atom stereocenters. The van der Waals surface area contributed by atoms with Gasteiger partial charge in [0.05, 0.1) is 36.8 Å². The number of allylic oxidation sites excluding steroid dienone is 1. The first-order valence-electron chi connectivity index (χ1n) is 28.5. The Morgan fingerprint density at radius 2 is 1.77 bits per heavy atom. The third-order valence-corrected chi connectivity index (χ3v) is 23.6. The fourth-order valence-corrected chi connectivity index (χ4v) is 20.5. The van der Waals surface area contributed by atoms with Crippen molar-refractivity contribution < 1.29 is 69.0 Å². The van der Waals surface area contributed by atoms with Crippen LogP contribution in [0.4, 0.5) is 0 Å². The van der Waals surface area contributed by atoms with Gasteiger partial charge >= 0.3 is 5.97 Å². The maximum Gasteiger partial charge on any atom is 0.306 e. The van der Waals surface area contributed by atoms with E-state index < -0.39 is 88.2 Å². The average Bonchev–Trinajstić information content (AvgIpc) is 4.16. The van der Waals surface area contributed by atoms with Crippen molar-refractivity contribution in [2.24, 2.45) is 40.9 Å². The summed E-state index contributed by atoms with van der Waals surface area (Å²) in [6.07, 6.45) is 10.1. The molecule has 0 amide bonds. The van der Waals surface area contributed by atoms with E-state index in [4.69, 9.17) is 23.4 Å². The van der Waals surface area contributed by atoms with Crippen LogP contribution in [0.5, 0.6) is 11.5 Å². The molecule has 75 heavy (non-hydrogen) atoms. The third-order valence-electron chi connectivity index (χ3n) is 20.2. The number of furan rings is 1. The molecule has 2 aromatic rings. The van der Waals surface area contributed by atoms with Crippen LogP contribution in [0.2, 0.25) is 0 Å². The molecule has 1 aromatic carbocycles. The van der Waals surface area contributed by atoms with Crippen LogP contribution in [0.1, 0.15) is 135 Å². The lowest BCUT2D eigenvalue weighted by Gasteiger charge is -2.67. The summed E-state index contributed by atoms with van der Waals surface area (Å²) in [6, 6.07) is 3.58. The highest BCUT2D eigenvalue weighted by Gasteiger charge is 2.78. The molecule has 1 aromatic heterocycles. The van der Waals surface area contributed by atoms with Crippen molar-refractivity contribution in [3.8, 4) is 11.5 Å². The predicted octanol–water partition coefficient (Wildman–Crippen LogP) is 5.69. The molecule has 2 saturated heterocycles. The maximum atomic E-state index is 13.8. The zero-order chi connectivity index (χ0) is 53.0. The molecule has 10 rings (SSSR count). The average molecular weight is 1090 g/mol. The summed E-state index contributed by atoms with van der Waals surface area (Å²) in [5.41, 5.74) is -6.82. The molecule has 4 saturated carbocycles. The monoisotopic (exact) mass is 1090 g/mol. The van der Waals surface area contributed by atoms with Crippen molar-refractivity contribution in [1.82, 2.24) is 10.6 Å². The van der Waals surface area contributed by atoms with E-state index in [-0.39, 0.29) is 79.4 Å². The van der Waals surface area contributed by atoms with E-state index in [0.29, 0.717) is 67.5 Å². The Kier molecular flexibility index (Phi) is 16.8. The Balaban J connectivity index is 1.15. The van der Waals surface area contributed by atoms with Gasteiger partial charge in [0, 0.05) is 53.3 Å². The van der Waals surface area contributed by atoms with Gasteiger partial charge in [0.2, 0.25) is 12.0 Å². The quantitative estimate of drug-likeness (QED) is 0.0779. The van der Waals surface area contributed by atoms with E-state index in [1.165, 1.54) is 10.8 Å². The van der Waals surface area contributed by atoms with Gasteiger partial charge in [-0.05, 0) is 170 Å². The highest BCUT2D eigenvalue weighted by atomic mass is 33.1. The topological polar surface area (TPSA) is 253 Å². The first-order chi connectivity index (χ1) is 36.0. The molecular weight excluding hydrogens is 1000 g/mol. The third kappa shape index (κ3) is 10.0. The van der Waals surface area contributed by atoms with Crippen LogP contribution in [0.25, 0.3) is 11.0 Å². The zero-order valence-electron chi connectivity index (χ0n) is 44.3. The number of rotatable bonds is 10. The minimum absolute atomic E-state index is 0.00973. The van der Waals surface area contributed by atoms with Gasteiger partial charge in [0.1, 0.15) is 23.9 Å². The van der Waals surface area contributed by atoms with Crippen molar-refractivity contribution in [3.05, 3.63) is 36.1 Å². The Hall–Kier alpha value is -2.17. The molecule has 6 fully saturated rings. The fraction of sp³-hybridized carbons (Fsp3) is 0.807. The normalized spacial score (nSPS) is 44.3. The lowest BCUT2D eigenvalue weighted by Crippen LogP contribution is -2.86. The van der Waals surface area contributed by atoms with Crippen LogP contribution in [0.3, 0.4) is 0 Å². The number of hydrogen-bond donors (Lipinski definition) is 10. The van der Waals surface area contributed by atoms with E-state index in [9.17, 15) is 45.6 Å². The summed E-state index contributed by atoms with van der Waals surface area (Å²) >= 11 is 0. The van der Waals surface area contributed by atoms with Crippen molar-refractivity contribution in [3.63, 3.8) is 0 Å². The number of aryl methyl sites for hydroxylation is 1. The summed E-state index contributed by atoms with van der Waals surface area (Å²) in [4.78, 5) is 13.0. The molecule has 420 valence electrons. The smallest absolute Gasteiger partial charge is 0.306 e. The van der Waals surface area contributed by atoms with Crippen LogP contribution in [0.15, 0.2) is 35.0 Å². The van der Waals surface area contributed by atoms with E-state index in [1.54, 1.807) is 42.2 Å². The Labute approximate surface area is 450 Å². The Morgan fingerprint density at radius 3 is 2.55 bits per heavy atom. The molecule has 4 heterocycles. The zero-order valence-corrected chi connectivity index (χ0v) is 46.0. The van der Waals surface area contributed by atoms with Gasteiger partial charge in [0.15, 0.2) is 16.9 Å². The van der Waals surface area contributed by atoms with Crippen molar-refractivity contribution in [2.45, 2.75) is 200 Å². The second-order valence-corrected chi connectivity index (χ2v) is 27.1. The molecule has 5 aliphatic carbocycles. The lowest BCUT2D eigenvalue weighted by molar-refractivity contribution is -0.424. The standard InChI is InChI=1S/C57H86N2O14S2/c1-4-69-45(64)13-10-36-28-37-18-26-70-47(37)49-48(36)72-51-57(68)46-38(9-11-41(62)40(46)32-60)30-55(67,50(57)65)56(73-51)33-74-75-54(43(59-25-27-71-49)12-8-34(2)6-5-7-44(56)63)24-23-52(19-14-35(29-52)31-58-3)42(54)17-22-53(66)20-15-39(61)16-21-53/h9,11,18,26,28,34-35,38-44,46,50-51,58-63,65-68H,4-8,10,12-17,19-25,27,29-33H2,1-3H3. The summed E-state index contributed by atoms with van der Waals surface area (Å²) < 4.78 is 32.5. The molecular formula is C57H86N2O14S2. The highest BCUT2D eigenvalue weighted by molar-refractivity contribution is 8.77. The number of carbonyl (C=O) groups is 1. The fourth-order valence-electron chi connectivity index (χ4n) is 16.3. The summed E-state index contributed by atoms with van der Waals surface area (Å²) in [7, 11) is 5.36.